The number of hydrogen-bond acceptors (Lipinski definition) is 5. The molecule has 0 heterocycles. The topological polar surface area (TPSA) is 96.0 Å². The van der Waals surface area contributed by atoms with Crippen molar-refractivity contribution in [2.24, 2.45) is 0 Å². The Morgan fingerprint density at radius 2 is 1.64 bits per heavy atom. The molecule has 2 aromatic rings. The lowest BCUT2D eigenvalue weighted by Crippen LogP contribution is -2.52. The second kappa shape index (κ2) is 11.7. The predicted molar refractivity (Wildman–Crippen MR) is 130 cm³/mol. The first-order chi connectivity index (χ1) is 15.6. The first kappa shape index (κ1) is 26.2. The molecular formula is C24H33N3O5S. The lowest BCUT2D eigenvalue weighted by Gasteiger charge is -2.32. The number of ether oxygens (including phenoxy) is 1. The molecule has 2 amide bonds. The molecule has 0 bridgehead atoms. The van der Waals surface area contributed by atoms with Crippen molar-refractivity contribution in [1.29, 1.82) is 0 Å². The van der Waals surface area contributed by atoms with Crippen LogP contribution in [0.3, 0.4) is 0 Å². The van der Waals surface area contributed by atoms with Crippen LogP contribution in [0.15, 0.2) is 54.6 Å². The normalized spacial score (nSPS) is 13.0. The number of rotatable bonds is 11. The third-order valence-electron chi connectivity index (χ3n) is 5.40. The lowest BCUT2D eigenvalue weighted by molar-refractivity contribution is -0.139. The largest absolute Gasteiger partial charge is 0.497 e. The standard InChI is InChI=1S/C24H33N3O5S/c1-6-18(2)25-24(29)19(3)26(16-20-12-14-22(32-4)15-13-20)23(28)17-27(33(5,30)31)21-10-8-7-9-11-21/h7-15,18-19H,6,16-17H2,1-5H3,(H,25,29). The number of nitrogens with one attached hydrogen (secondary N) is 1. The van der Waals surface area contributed by atoms with Crippen LogP contribution < -0.4 is 14.4 Å². The van der Waals surface area contributed by atoms with Gasteiger partial charge in [0.05, 0.1) is 19.1 Å². The quantitative estimate of drug-likeness (QED) is 0.539. The van der Waals surface area contributed by atoms with Gasteiger partial charge < -0.3 is 15.0 Å². The highest BCUT2D eigenvalue weighted by Gasteiger charge is 2.30. The maximum absolute atomic E-state index is 13.4. The van der Waals surface area contributed by atoms with Gasteiger partial charge in [-0.1, -0.05) is 37.3 Å². The average molecular weight is 476 g/mol. The maximum atomic E-state index is 13.4. The summed E-state index contributed by atoms with van der Waals surface area (Å²) in [6.07, 6.45) is 1.81. The number of nitrogens with zero attached hydrogens (tertiary/aromatic N) is 2. The Bertz CT molecular complexity index is 1030. The SMILES string of the molecule is CCC(C)NC(=O)C(C)N(Cc1ccc(OC)cc1)C(=O)CN(c1ccccc1)S(C)(=O)=O. The van der Waals surface area contributed by atoms with Gasteiger partial charge in [-0.15, -0.1) is 0 Å². The summed E-state index contributed by atoms with van der Waals surface area (Å²) < 4.78 is 31.2. The van der Waals surface area contributed by atoms with E-state index < -0.39 is 28.5 Å². The molecule has 0 aliphatic carbocycles. The molecule has 0 aliphatic rings. The van der Waals surface area contributed by atoms with E-state index in [9.17, 15) is 18.0 Å². The first-order valence-corrected chi connectivity index (χ1v) is 12.7. The van der Waals surface area contributed by atoms with E-state index in [0.29, 0.717) is 11.4 Å². The Labute approximate surface area is 196 Å². The van der Waals surface area contributed by atoms with Crippen molar-refractivity contribution in [1.82, 2.24) is 10.2 Å². The fraction of sp³-hybridized carbons (Fsp3) is 0.417. The number of hydrogen-bond donors (Lipinski definition) is 1. The van der Waals surface area contributed by atoms with Crippen molar-refractivity contribution < 1.29 is 22.7 Å². The van der Waals surface area contributed by atoms with Crippen LogP contribution in [0, 0.1) is 0 Å². The van der Waals surface area contributed by atoms with E-state index in [1.807, 2.05) is 26.0 Å². The third kappa shape index (κ3) is 7.49. The summed E-state index contributed by atoms with van der Waals surface area (Å²) in [5.74, 6) is -0.102. The Morgan fingerprint density at radius 1 is 1.03 bits per heavy atom. The van der Waals surface area contributed by atoms with Gasteiger partial charge in [-0.2, -0.15) is 0 Å². The second-order valence-corrected chi connectivity index (χ2v) is 9.88. The highest BCUT2D eigenvalue weighted by molar-refractivity contribution is 7.92. The minimum absolute atomic E-state index is 0.0466. The maximum Gasteiger partial charge on any atom is 0.244 e. The monoisotopic (exact) mass is 475 g/mol. The fourth-order valence-corrected chi connectivity index (χ4v) is 4.03. The summed E-state index contributed by atoms with van der Waals surface area (Å²) in [4.78, 5) is 27.7. The molecular weight excluding hydrogens is 442 g/mol. The van der Waals surface area contributed by atoms with E-state index in [-0.39, 0.29) is 18.5 Å². The Morgan fingerprint density at radius 3 is 2.15 bits per heavy atom. The molecule has 2 atom stereocenters. The molecule has 0 saturated heterocycles. The molecule has 2 unspecified atom stereocenters. The van der Waals surface area contributed by atoms with Gasteiger partial charge in [0.2, 0.25) is 21.8 Å². The molecule has 0 fully saturated rings. The van der Waals surface area contributed by atoms with Gasteiger partial charge in [0.15, 0.2) is 0 Å². The van der Waals surface area contributed by atoms with Crippen LogP contribution in [-0.2, 0) is 26.2 Å². The van der Waals surface area contributed by atoms with Crippen molar-refractivity contribution in [2.45, 2.75) is 45.8 Å². The van der Waals surface area contributed by atoms with E-state index >= 15 is 0 Å². The fourth-order valence-electron chi connectivity index (χ4n) is 3.18. The number of carbonyl (C=O) groups excluding carboxylic acids is 2. The highest BCUT2D eigenvalue weighted by Crippen LogP contribution is 2.19. The number of benzene rings is 2. The molecule has 33 heavy (non-hydrogen) atoms. The number of para-hydroxylation sites is 1. The third-order valence-corrected chi connectivity index (χ3v) is 6.54. The van der Waals surface area contributed by atoms with Gasteiger partial charge in [0.25, 0.3) is 0 Å². The van der Waals surface area contributed by atoms with E-state index in [0.717, 1.165) is 22.5 Å². The summed E-state index contributed by atoms with van der Waals surface area (Å²) >= 11 is 0. The van der Waals surface area contributed by atoms with Crippen molar-refractivity contribution in [3.05, 3.63) is 60.2 Å². The zero-order valence-electron chi connectivity index (χ0n) is 19.8. The van der Waals surface area contributed by atoms with Crippen molar-refractivity contribution in [2.75, 3.05) is 24.2 Å². The smallest absolute Gasteiger partial charge is 0.244 e. The molecule has 0 aromatic heterocycles. The molecule has 2 aromatic carbocycles. The molecule has 9 heteroatoms. The number of amides is 2. The van der Waals surface area contributed by atoms with E-state index in [4.69, 9.17) is 4.74 Å². The van der Waals surface area contributed by atoms with Crippen LogP contribution in [0.25, 0.3) is 0 Å². The number of sulfonamides is 1. The van der Waals surface area contributed by atoms with Gasteiger partial charge in [-0.25, -0.2) is 8.42 Å². The van der Waals surface area contributed by atoms with E-state index in [1.54, 1.807) is 56.5 Å². The molecule has 0 aliphatic heterocycles. The van der Waals surface area contributed by atoms with Crippen LogP contribution in [0.1, 0.15) is 32.8 Å². The summed E-state index contributed by atoms with van der Waals surface area (Å²) in [5, 5.41) is 2.90. The molecule has 0 radical (unpaired) electrons. The van der Waals surface area contributed by atoms with Crippen molar-refractivity contribution in [3.8, 4) is 5.75 Å². The van der Waals surface area contributed by atoms with Crippen LogP contribution >= 0.6 is 0 Å². The second-order valence-electron chi connectivity index (χ2n) is 7.97. The van der Waals surface area contributed by atoms with Gasteiger partial charge in [-0.05, 0) is 50.1 Å². The van der Waals surface area contributed by atoms with Gasteiger partial charge in [-0.3, -0.25) is 13.9 Å². The van der Waals surface area contributed by atoms with Crippen LogP contribution in [0.2, 0.25) is 0 Å². The van der Waals surface area contributed by atoms with Gasteiger partial charge >= 0.3 is 0 Å². The molecule has 2 rings (SSSR count). The Kier molecular flexibility index (Phi) is 9.28. The number of methoxy groups -OCH3 is 1. The lowest BCUT2D eigenvalue weighted by atomic mass is 10.1. The summed E-state index contributed by atoms with van der Waals surface area (Å²) in [6.45, 7) is 5.22. The first-order valence-electron chi connectivity index (χ1n) is 10.8. The van der Waals surface area contributed by atoms with Gasteiger partial charge in [0, 0.05) is 12.6 Å². The summed E-state index contributed by atoms with van der Waals surface area (Å²) in [5.41, 5.74) is 1.17. The summed E-state index contributed by atoms with van der Waals surface area (Å²) in [7, 11) is -2.16. The van der Waals surface area contributed by atoms with Gasteiger partial charge in [0.1, 0.15) is 18.3 Å². The number of anilines is 1. The average Bonchev–Trinajstić information content (AvgIpc) is 2.80. The Balaban J connectivity index is 2.35. The molecule has 180 valence electrons. The Hall–Kier alpha value is -3.07. The van der Waals surface area contributed by atoms with Crippen LogP contribution in [-0.4, -0.2) is 57.1 Å². The predicted octanol–water partition coefficient (Wildman–Crippen LogP) is 2.79. The van der Waals surface area contributed by atoms with Crippen molar-refractivity contribution in [3.63, 3.8) is 0 Å². The van der Waals surface area contributed by atoms with E-state index in [2.05, 4.69) is 5.32 Å². The zero-order chi connectivity index (χ0) is 24.6. The zero-order valence-corrected chi connectivity index (χ0v) is 20.6. The molecule has 1 N–H and O–H groups in total. The molecule has 0 spiro atoms. The highest BCUT2D eigenvalue weighted by atomic mass is 32.2. The van der Waals surface area contributed by atoms with Crippen LogP contribution in [0.5, 0.6) is 5.75 Å². The minimum atomic E-state index is -3.73. The molecule has 8 nitrogen and oxygen atoms in total. The minimum Gasteiger partial charge on any atom is -0.497 e. The van der Waals surface area contributed by atoms with Crippen molar-refractivity contribution >= 4 is 27.5 Å². The summed E-state index contributed by atoms with van der Waals surface area (Å²) in [6, 6.07) is 14.7. The molecule has 0 saturated carbocycles. The van der Waals surface area contributed by atoms with E-state index in [1.165, 1.54) is 4.90 Å². The van der Waals surface area contributed by atoms with Crippen LogP contribution in [0.4, 0.5) is 5.69 Å². The number of carbonyl (C=O) groups is 2.